The molecular weight excluding hydrogens is 282 g/mol. The van der Waals surface area contributed by atoms with Gasteiger partial charge in [-0.1, -0.05) is 29.8 Å². The Kier molecular flexibility index (Phi) is 3.48. The Morgan fingerprint density at radius 2 is 2.05 bits per heavy atom. The van der Waals surface area contributed by atoms with Gasteiger partial charge in [0.05, 0.1) is 18.6 Å². The molecule has 1 saturated heterocycles. The highest BCUT2D eigenvalue weighted by Gasteiger charge is 2.54. The van der Waals surface area contributed by atoms with Crippen molar-refractivity contribution in [3.8, 4) is 0 Å². The third-order valence-corrected chi connectivity index (χ3v) is 4.74. The molecule has 2 aliphatic rings. The number of carboxylic acids is 1. The molecular formula is C17H21NO4. The molecule has 1 unspecified atom stereocenters. The summed E-state index contributed by atoms with van der Waals surface area (Å²) in [5, 5.41) is 9.31. The van der Waals surface area contributed by atoms with Gasteiger partial charge in [0.2, 0.25) is 5.91 Å². The highest BCUT2D eigenvalue weighted by atomic mass is 16.5. The van der Waals surface area contributed by atoms with Crippen LogP contribution in [0.15, 0.2) is 24.3 Å². The number of aryl methyl sites for hydroxylation is 1. The molecule has 3 rings (SSSR count). The molecule has 1 aromatic carbocycles. The Bertz CT molecular complexity index is 623. The van der Waals surface area contributed by atoms with Crippen LogP contribution in [0.4, 0.5) is 0 Å². The third kappa shape index (κ3) is 2.39. The molecule has 5 nitrogen and oxygen atoms in total. The van der Waals surface area contributed by atoms with E-state index in [0.29, 0.717) is 6.54 Å². The van der Waals surface area contributed by atoms with Crippen molar-refractivity contribution >= 4 is 11.9 Å². The minimum Gasteiger partial charge on any atom is -0.479 e. The molecule has 0 aromatic heterocycles. The van der Waals surface area contributed by atoms with Crippen LogP contribution < -0.4 is 0 Å². The summed E-state index contributed by atoms with van der Waals surface area (Å²) >= 11 is 0. The summed E-state index contributed by atoms with van der Waals surface area (Å²) < 4.78 is 5.37. The highest BCUT2D eigenvalue weighted by molar-refractivity contribution is 5.92. The lowest BCUT2D eigenvalue weighted by Gasteiger charge is -2.39. The van der Waals surface area contributed by atoms with E-state index in [9.17, 15) is 14.7 Å². The number of carboxylic acid groups (broad SMARTS) is 1. The first kappa shape index (κ1) is 15.0. The Morgan fingerprint density at radius 1 is 1.32 bits per heavy atom. The van der Waals surface area contributed by atoms with Crippen molar-refractivity contribution in [3.05, 3.63) is 35.4 Å². The summed E-state index contributed by atoms with van der Waals surface area (Å²) in [5.41, 5.74) is 0.411. The molecule has 0 spiro atoms. The monoisotopic (exact) mass is 303 g/mol. The van der Waals surface area contributed by atoms with E-state index in [1.807, 2.05) is 25.1 Å². The SMILES string of the molecule is Cc1cccc(C2(C(=O)N3CCOC(C)(C(=O)O)C3)CC2)c1. The first-order valence-electron chi connectivity index (χ1n) is 7.61. The van der Waals surface area contributed by atoms with Crippen molar-refractivity contribution in [3.63, 3.8) is 0 Å². The van der Waals surface area contributed by atoms with E-state index in [1.165, 1.54) is 6.92 Å². The van der Waals surface area contributed by atoms with Gasteiger partial charge in [-0.3, -0.25) is 4.79 Å². The van der Waals surface area contributed by atoms with E-state index >= 15 is 0 Å². The maximum absolute atomic E-state index is 13.0. The minimum atomic E-state index is -1.31. The van der Waals surface area contributed by atoms with Gasteiger partial charge >= 0.3 is 5.97 Å². The van der Waals surface area contributed by atoms with Gasteiger partial charge < -0.3 is 14.7 Å². The number of hydrogen-bond acceptors (Lipinski definition) is 3. The predicted molar refractivity (Wildman–Crippen MR) is 80.7 cm³/mol. The molecule has 1 atom stereocenters. The summed E-state index contributed by atoms with van der Waals surface area (Å²) in [5.74, 6) is -0.987. The van der Waals surface area contributed by atoms with Crippen LogP contribution in [0.5, 0.6) is 0 Å². The molecule has 1 saturated carbocycles. The van der Waals surface area contributed by atoms with Crippen LogP contribution in [0.1, 0.15) is 30.9 Å². The predicted octanol–water partition coefficient (Wildman–Crippen LogP) is 1.73. The number of morpholine rings is 1. The number of hydrogen-bond donors (Lipinski definition) is 1. The Labute approximate surface area is 129 Å². The molecule has 1 heterocycles. The number of carbonyl (C=O) groups is 2. The summed E-state index contributed by atoms with van der Waals surface area (Å²) in [6.45, 7) is 4.36. The third-order valence-electron chi connectivity index (χ3n) is 4.74. The van der Waals surface area contributed by atoms with Crippen LogP contribution in [-0.2, 0) is 19.7 Å². The molecule has 5 heteroatoms. The standard InChI is InChI=1S/C17H21NO4/c1-12-4-3-5-13(10-12)17(6-7-17)14(19)18-8-9-22-16(2,11-18)15(20)21/h3-5,10H,6-9,11H2,1-2H3,(H,20,21). The Morgan fingerprint density at radius 3 is 2.64 bits per heavy atom. The van der Waals surface area contributed by atoms with Gasteiger partial charge in [-0.05, 0) is 32.3 Å². The van der Waals surface area contributed by atoms with Crippen molar-refractivity contribution in [1.82, 2.24) is 4.90 Å². The fraction of sp³-hybridized carbons (Fsp3) is 0.529. The van der Waals surface area contributed by atoms with Crippen LogP contribution >= 0.6 is 0 Å². The summed E-state index contributed by atoms with van der Waals surface area (Å²) in [7, 11) is 0. The van der Waals surface area contributed by atoms with Crippen LogP contribution in [-0.4, -0.2) is 47.2 Å². The van der Waals surface area contributed by atoms with E-state index in [-0.39, 0.29) is 19.1 Å². The molecule has 22 heavy (non-hydrogen) atoms. The topological polar surface area (TPSA) is 66.8 Å². The van der Waals surface area contributed by atoms with Crippen LogP contribution in [0.3, 0.4) is 0 Å². The molecule has 0 bridgehead atoms. The van der Waals surface area contributed by atoms with E-state index in [4.69, 9.17) is 4.74 Å². The molecule has 118 valence electrons. The number of amides is 1. The molecule has 1 aliphatic heterocycles. The zero-order valence-electron chi connectivity index (χ0n) is 13.0. The zero-order chi connectivity index (χ0) is 16.0. The van der Waals surface area contributed by atoms with Gasteiger partial charge in [0.15, 0.2) is 5.60 Å². The normalized spacial score (nSPS) is 26.5. The second-order valence-electron chi connectivity index (χ2n) is 6.56. The van der Waals surface area contributed by atoms with Crippen molar-refractivity contribution in [1.29, 1.82) is 0 Å². The maximum Gasteiger partial charge on any atom is 0.337 e. The minimum absolute atomic E-state index is 0.0360. The van der Waals surface area contributed by atoms with Gasteiger partial charge in [0, 0.05) is 6.54 Å². The smallest absolute Gasteiger partial charge is 0.337 e. The van der Waals surface area contributed by atoms with Gasteiger partial charge in [-0.25, -0.2) is 4.79 Å². The summed E-state index contributed by atoms with van der Waals surface area (Å²) in [4.78, 5) is 26.0. The van der Waals surface area contributed by atoms with Crippen LogP contribution in [0, 0.1) is 6.92 Å². The fourth-order valence-corrected chi connectivity index (χ4v) is 3.17. The van der Waals surface area contributed by atoms with Crippen molar-refractivity contribution < 1.29 is 19.4 Å². The quantitative estimate of drug-likeness (QED) is 0.923. The van der Waals surface area contributed by atoms with Crippen molar-refractivity contribution in [2.75, 3.05) is 19.7 Å². The molecule has 2 fully saturated rings. The Balaban J connectivity index is 1.83. The average molecular weight is 303 g/mol. The zero-order valence-corrected chi connectivity index (χ0v) is 13.0. The van der Waals surface area contributed by atoms with Crippen molar-refractivity contribution in [2.24, 2.45) is 0 Å². The number of benzene rings is 1. The van der Waals surface area contributed by atoms with Gasteiger partial charge in [0.25, 0.3) is 0 Å². The summed E-state index contributed by atoms with van der Waals surface area (Å²) in [6, 6.07) is 8.04. The molecule has 0 radical (unpaired) electrons. The fourth-order valence-electron chi connectivity index (χ4n) is 3.17. The Hall–Kier alpha value is -1.88. The van der Waals surface area contributed by atoms with Gasteiger partial charge in [-0.15, -0.1) is 0 Å². The van der Waals surface area contributed by atoms with E-state index in [0.717, 1.165) is 24.0 Å². The average Bonchev–Trinajstić information content (AvgIpc) is 3.28. The molecule has 1 N–H and O–H groups in total. The molecule has 1 aromatic rings. The largest absolute Gasteiger partial charge is 0.479 e. The molecule has 1 aliphatic carbocycles. The van der Waals surface area contributed by atoms with Crippen molar-refractivity contribution in [2.45, 2.75) is 37.7 Å². The first-order chi connectivity index (χ1) is 10.4. The van der Waals surface area contributed by atoms with Crippen LogP contribution in [0.25, 0.3) is 0 Å². The second-order valence-corrected chi connectivity index (χ2v) is 6.56. The second kappa shape index (κ2) is 5.09. The number of carbonyl (C=O) groups excluding carboxylic acids is 1. The van der Waals surface area contributed by atoms with Gasteiger partial charge in [0.1, 0.15) is 0 Å². The van der Waals surface area contributed by atoms with E-state index < -0.39 is 17.0 Å². The van der Waals surface area contributed by atoms with E-state index in [1.54, 1.807) is 4.90 Å². The lowest BCUT2D eigenvalue weighted by atomic mass is 9.92. The lowest BCUT2D eigenvalue weighted by molar-refractivity contribution is -0.177. The number of aliphatic carboxylic acids is 1. The number of nitrogens with zero attached hydrogens (tertiary/aromatic N) is 1. The lowest BCUT2D eigenvalue weighted by Crippen LogP contribution is -2.57. The maximum atomic E-state index is 13.0. The highest BCUT2D eigenvalue weighted by Crippen LogP contribution is 2.50. The first-order valence-corrected chi connectivity index (χ1v) is 7.61. The van der Waals surface area contributed by atoms with Crippen LogP contribution in [0.2, 0.25) is 0 Å². The van der Waals surface area contributed by atoms with E-state index in [2.05, 4.69) is 6.07 Å². The molecule has 1 amide bonds. The summed E-state index contributed by atoms with van der Waals surface area (Å²) in [6.07, 6.45) is 1.66. The number of rotatable bonds is 3. The van der Waals surface area contributed by atoms with Gasteiger partial charge in [-0.2, -0.15) is 0 Å². The number of ether oxygens (including phenoxy) is 1.